The summed E-state index contributed by atoms with van der Waals surface area (Å²) in [5, 5.41) is 3.04. The molecule has 0 bridgehead atoms. The summed E-state index contributed by atoms with van der Waals surface area (Å²) in [6.07, 6.45) is 24.3. The number of rotatable bonds is 6. The van der Waals surface area contributed by atoms with Crippen molar-refractivity contribution in [3.63, 3.8) is 0 Å². The summed E-state index contributed by atoms with van der Waals surface area (Å²) < 4.78 is 0. The van der Waals surface area contributed by atoms with E-state index in [1.807, 2.05) is 5.92 Å². The van der Waals surface area contributed by atoms with Crippen LogP contribution in [0.2, 0.25) is 0 Å². The van der Waals surface area contributed by atoms with Crippen molar-refractivity contribution in [2.24, 2.45) is 0 Å². The molecule has 0 unspecified atom stereocenters. The predicted molar refractivity (Wildman–Crippen MR) is 156 cm³/mol. The molecule has 0 amide bonds. The van der Waals surface area contributed by atoms with E-state index in [-0.39, 0.29) is 7.92 Å². The number of hydrogen-bond acceptors (Lipinski definition) is 0. The van der Waals surface area contributed by atoms with Crippen LogP contribution in [0, 0.1) is 30.3 Å². The van der Waals surface area contributed by atoms with Gasteiger partial charge in [-0.15, -0.1) is 0 Å². The zero-order chi connectivity index (χ0) is 23.5. The molecule has 0 saturated heterocycles. The van der Waals surface area contributed by atoms with Gasteiger partial charge in [0.05, 0.1) is 0 Å². The van der Waals surface area contributed by atoms with Crippen LogP contribution in [-0.2, 0) is 0 Å². The zero-order valence-electron chi connectivity index (χ0n) is 21.2. The molecule has 0 spiro atoms. The first-order valence-electron chi connectivity index (χ1n) is 14.4. The maximum atomic E-state index is 2.57. The van der Waals surface area contributed by atoms with E-state index in [4.69, 9.17) is 0 Å². The molecular formula is C33H41P2. The van der Waals surface area contributed by atoms with Crippen LogP contribution in [0.15, 0.2) is 60.7 Å². The quantitative estimate of drug-likeness (QED) is 0.348. The lowest BCUT2D eigenvalue weighted by molar-refractivity contribution is 0.475. The second-order valence-corrected chi connectivity index (χ2v) is 16.3. The van der Waals surface area contributed by atoms with Gasteiger partial charge in [-0.05, 0) is 92.8 Å². The van der Waals surface area contributed by atoms with Gasteiger partial charge in [-0.3, -0.25) is 0 Å². The molecule has 2 heteroatoms. The van der Waals surface area contributed by atoms with E-state index in [1.54, 1.807) is 11.6 Å². The molecule has 183 valence electrons. The smallest absolute Gasteiger partial charge is 0.0204 e. The topological polar surface area (TPSA) is 0 Å². The van der Waals surface area contributed by atoms with E-state index in [1.165, 1.54) is 94.1 Å². The highest BCUT2D eigenvalue weighted by molar-refractivity contribution is 7.76. The predicted octanol–water partition coefficient (Wildman–Crippen LogP) is 8.92. The fourth-order valence-corrected chi connectivity index (χ4v) is 14.7. The molecule has 4 aliphatic rings. The van der Waals surface area contributed by atoms with Crippen LogP contribution < -0.4 is 10.6 Å². The molecular weight excluding hydrogens is 458 g/mol. The van der Waals surface area contributed by atoms with Gasteiger partial charge in [0.15, 0.2) is 0 Å². The Kier molecular flexibility index (Phi) is 8.29. The summed E-state index contributed by atoms with van der Waals surface area (Å²) in [6.45, 7) is 0. The van der Waals surface area contributed by atoms with Crippen LogP contribution >= 0.6 is 15.8 Å². The van der Waals surface area contributed by atoms with Gasteiger partial charge < -0.3 is 0 Å². The third-order valence-electron chi connectivity index (χ3n) is 8.94. The first kappa shape index (κ1) is 24.6. The first-order valence-corrected chi connectivity index (χ1v) is 17.3. The van der Waals surface area contributed by atoms with E-state index >= 15 is 0 Å². The summed E-state index contributed by atoms with van der Waals surface area (Å²) in [7, 11) is -0.444. The Labute approximate surface area is 217 Å². The van der Waals surface area contributed by atoms with E-state index in [0.717, 1.165) is 17.0 Å². The molecule has 0 nitrogen and oxygen atoms in total. The zero-order valence-corrected chi connectivity index (χ0v) is 23.0. The first-order chi connectivity index (χ1) is 17.4. The maximum absolute atomic E-state index is 2.57. The molecule has 4 aliphatic carbocycles. The summed E-state index contributed by atoms with van der Waals surface area (Å²) >= 11 is 0. The van der Waals surface area contributed by atoms with Crippen molar-refractivity contribution in [2.45, 2.75) is 100 Å². The highest BCUT2D eigenvalue weighted by atomic mass is 31.1. The Morgan fingerprint density at radius 2 is 1.09 bits per heavy atom. The number of benzene rings is 2. The van der Waals surface area contributed by atoms with Gasteiger partial charge in [0.1, 0.15) is 0 Å². The highest BCUT2D eigenvalue weighted by Crippen LogP contribution is 2.71. The second kappa shape index (κ2) is 11.8. The van der Waals surface area contributed by atoms with Crippen LogP contribution in [0.25, 0.3) is 0 Å². The Morgan fingerprint density at radius 3 is 1.63 bits per heavy atom. The lowest BCUT2D eigenvalue weighted by Gasteiger charge is -2.49. The standard InChI is InChI=1S/C33H41P2/c1-5-15-27(16-6-1)34(28-17-7-2-8-18-28)31-23-13-14-26-24-25-32(33(26)31)35(29-19-9-3-10-20-29)30-21-11-4-12-22-30/h3-4,9-12,19-22,24-25,27-28,31H,1-2,5-8,13-18,23H2/t31-/m0/s1. The van der Waals surface area contributed by atoms with Gasteiger partial charge >= 0.3 is 0 Å². The van der Waals surface area contributed by atoms with E-state index in [0.29, 0.717) is 0 Å². The minimum Gasteiger partial charge on any atom is -0.0965 e. The SMILES string of the molecule is [CH]1[CH][C](P(c2ccccc2)c2ccccc2)[C]2[C]1CCC[C@@H]2P(C1CCCCC1)C1CCCCC1. The molecule has 2 aromatic rings. The minimum atomic E-state index is -0.499. The van der Waals surface area contributed by atoms with Crippen molar-refractivity contribution in [1.82, 2.24) is 0 Å². The molecule has 0 aliphatic heterocycles. The molecule has 4 fully saturated rings. The lowest BCUT2D eigenvalue weighted by atomic mass is 9.81. The summed E-state index contributed by atoms with van der Waals surface area (Å²) in [4.78, 5) is 0. The van der Waals surface area contributed by atoms with Crippen LogP contribution in [0.4, 0.5) is 0 Å². The van der Waals surface area contributed by atoms with Gasteiger partial charge in [0.2, 0.25) is 0 Å². The summed E-state index contributed by atoms with van der Waals surface area (Å²) in [6, 6.07) is 22.9. The van der Waals surface area contributed by atoms with E-state index < -0.39 is 7.92 Å². The molecule has 0 aromatic heterocycles. The summed E-state index contributed by atoms with van der Waals surface area (Å²) in [5.41, 5.74) is 4.61. The highest BCUT2D eigenvalue weighted by Gasteiger charge is 2.52. The average molecular weight is 500 g/mol. The van der Waals surface area contributed by atoms with Gasteiger partial charge in [0, 0.05) is 11.6 Å². The lowest BCUT2D eigenvalue weighted by Crippen LogP contribution is -2.36. The van der Waals surface area contributed by atoms with Crippen LogP contribution in [0.5, 0.6) is 0 Å². The van der Waals surface area contributed by atoms with Gasteiger partial charge in [0.25, 0.3) is 0 Å². The van der Waals surface area contributed by atoms with E-state index in [2.05, 4.69) is 73.5 Å². The fourth-order valence-electron chi connectivity index (χ4n) is 7.40. The number of hydrogen-bond donors (Lipinski definition) is 0. The Hall–Kier alpha value is -0.700. The Bertz CT molecular complexity index is 842. The monoisotopic (exact) mass is 499 g/mol. The largest absolute Gasteiger partial charge is 0.0965 e. The molecule has 4 saturated carbocycles. The third-order valence-corrected chi connectivity index (χ3v) is 15.4. The average Bonchev–Trinajstić information content (AvgIpc) is 3.36. The van der Waals surface area contributed by atoms with Gasteiger partial charge in [-0.2, -0.15) is 0 Å². The van der Waals surface area contributed by atoms with Gasteiger partial charge in [-0.1, -0.05) is 114 Å². The van der Waals surface area contributed by atoms with Crippen molar-refractivity contribution in [2.75, 3.05) is 0 Å². The Balaban J connectivity index is 1.37. The van der Waals surface area contributed by atoms with Crippen molar-refractivity contribution < 1.29 is 0 Å². The molecule has 35 heavy (non-hydrogen) atoms. The Morgan fingerprint density at radius 1 is 0.543 bits per heavy atom. The third kappa shape index (κ3) is 5.32. The molecule has 1 atom stereocenters. The number of fused-ring (bicyclic) bond motifs is 1. The fraction of sp³-hybridized carbons (Fsp3) is 0.485. The van der Waals surface area contributed by atoms with Gasteiger partial charge in [-0.25, -0.2) is 0 Å². The molecule has 6 rings (SSSR count). The second-order valence-electron chi connectivity index (χ2n) is 11.1. The van der Waals surface area contributed by atoms with Crippen LogP contribution in [-0.4, -0.2) is 17.0 Å². The molecule has 0 heterocycles. The minimum absolute atomic E-state index is 0.0556. The maximum Gasteiger partial charge on any atom is 0.0204 e. The van der Waals surface area contributed by atoms with Crippen molar-refractivity contribution in [3.8, 4) is 0 Å². The van der Waals surface area contributed by atoms with Crippen molar-refractivity contribution in [3.05, 3.63) is 91.0 Å². The van der Waals surface area contributed by atoms with Crippen molar-refractivity contribution in [1.29, 1.82) is 0 Å². The van der Waals surface area contributed by atoms with E-state index in [9.17, 15) is 0 Å². The van der Waals surface area contributed by atoms with Crippen LogP contribution in [0.1, 0.15) is 83.5 Å². The molecule has 0 N–H and O–H groups in total. The van der Waals surface area contributed by atoms with Crippen LogP contribution in [0.3, 0.4) is 0 Å². The molecule has 2 aromatic carbocycles. The summed E-state index contributed by atoms with van der Waals surface area (Å²) in [5.74, 6) is 3.56. The normalized spacial score (nSPS) is 25.9. The molecule has 5 radical (unpaired) electrons. The van der Waals surface area contributed by atoms with Crippen molar-refractivity contribution >= 4 is 26.5 Å².